The number of anilines is 1. The molecule has 1 aliphatic heterocycles. The monoisotopic (exact) mass is 431 g/mol. The van der Waals surface area contributed by atoms with Gasteiger partial charge in [-0.25, -0.2) is 4.79 Å². The molecule has 31 heavy (non-hydrogen) atoms. The van der Waals surface area contributed by atoms with Gasteiger partial charge < -0.3 is 9.67 Å². The fourth-order valence-corrected chi connectivity index (χ4v) is 3.53. The van der Waals surface area contributed by atoms with E-state index in [2.05, 4.69) is 5.32 Å². The van der Waals surface area contributed by atoms with Gasteiger partial charge in [-0.2, -0.15) is 0 Å². The highest BCUT2D eigenvalue weighted by Gasteiger charge is 2.34. The lowest BCUT2D eigenvalue weighted by atomic mass is 10.1. The fourth-order valence-electron chi connectivity index (χ4n) is 3.25. The highest BCUT2D eigenvalue weighted by atomic mass is 32.1. The molecular weight excluding hydrogens is 414 g/mol. The van der Waals surface area contributed by atoms with Gasteiger partial charge in [-0.05, 0) is 73.7 Å². The molecule has 1 saturated heterocycles. The third kappa shape index (κ3) is 3.88. The summed E-state index contributed by atoms with van der Waals surface area (Å²) in [6.07, 6.45) is 3.25. The van der Waals surface area contributed by atoms with E-state index in [0.717, 1.165) is 5.56 Å². The summed E-state index contributed by atoms with van der Waals surface area (Å²) in [6.45, 7) is 1.93. The Kier molecular flexibility index (Phi) is 5.22. The van der Waals surface area contributed by atoms with Gasteiger partial charge in [0.15, 0.2) is 5.11 Å². The zero-order valence-electron chi connectivity index (χ0n) is 16.4. The number of nitrogens with one attached hydrogen (secondary N) is 1. The average molecular weight is 431 g/mol. The molecule has 4 rings (SSSR count). The van der Waals surface area contributed by atoms with Crippen LogP contribution in [0.2, 0.25) is 0 Å². The Hall–Kier alpha value is -4.04. The molecule has 2 aromatic carbocycles. The van der Waals surface area contributed by atoms with Gasteiger partial charge >= 0.3 is 5.97 Å². The summed E-state index contributed by atoms with van der Waals surface area (Å²) in [5, 5.41) is 11.7. The molecule has 0 atom stereocenters. The van der Waals surface area contributed by atoms with Gasteiger partial charge in [0.05, 0.1) is 11.3 Å². The first-order chi connectivity index (χ1) is 14.8. The Morgan fingerprint density at radius 3 is 2.29 bits per heavy atom. The normalized spacial score (nSPS) is 15.3. The summed E-state index contributed by atoms with van der Waals surface area (Å²) >= 11 is 5.23. The first kappa shape index (κ1) is 20.2. The zero-order chi connectivity index (χ0) is 22.1. The quantitative estimate of drug-likeness (QED) is 0.376. The van der Waals surface area contributed by atoms with E-state index in [1.165, 1.54) is 23.1 Å². The number of hydrogen-bond donors (Lipinski definition) is 2. The van der Waals surface area contributed by atoms with Crippen LogP contribution in [0.1, 0.15) is 21.6 Å². The lowest BCUT2D eigenvalue weighted by Crippen LogP contribution is -2.54. The molecule has 3 aromatic rings. The molecule has 0 radical (unpaired) electrons. The van der Waals surface area contributed by atoms with Crippen LogP contribution in [0.15, 0.2) is 72.4 Å². The van der Waals surface area contributed by atoms with E-state index in [1.807, 2.05) is 19.1 Å². The highest BCUT2D eigenvalue weighted by Crippen LogP contribution is 2.23. The molecule has 154 valence electrons. The molecule has 2 heterocycles. The molecule has 8 heteroatoms. The number of aromatic nitrogens is 1. The Bertz CT molecular complexity index is 1240. The number of carboxylic acids is 1. The van der Waals surface area contributed by atoms with E-state index < -0.39 is 17.8 Å². The van der Waals surface area contributed by atoms with Gasteiger partial charge in [-0.1, -0.05) is 17.7 Å². The molecule has 1 aromatic heterocycles. The highest BCUT2D eigenvalue weighted by molar-refractivity contribution is 7.80. The molecular formula is C23H17N3O4S. The third-order valence-electron chi connectivity index (χ3n) is 4.86. The second-order valence-corrected chi connectivity index (χ2v) is 7.34. The van der Waals surface area contributed by atoms with E-state index in [9.17, 15) is 14.4 Å². The lowest BCUT2D eigenvalue weighted by molar-refractivity contribution is -0.122. The minimum Gasteiger partial charge on any atom is -0.478 e. The van der Waals surface area contributed by atoms with Crippen molar-refractivity contribution >= 4 is 46.9 Å². The number of aryl methyl sites for hydroxylation is 1. The van der Waals surface area contributed by atoms with Crippen molar-refractivity contribution in [2.75, 3.05) is 4.90 Å². The molecule has 7 nitrogen and oxygen atoms in total. The lowest BCUT2D eigenvalue weighted by Gasteiger charge is -2.29. The van der Waals surface area contributed by atoms with Crippen molar-refractivity contribution < 1.29 is 19.5 Å². The first-order valence-electron chi connectivity index (χ1n) is 9.34. The summed E-state index contributed by atoms with van der Waals surface area (Å²) in [4.78, 5) is 38.1. The van der Waals surface area contributed by atoms with Crippen LogP contribution in [-0.4, -0.2) is 32.6 Å². The fraction of sp³-hybridized carbons (Fsp3) is 0.0435. The van der Waals surface area contributed by atoms with Crippen LogP contribution in [-0.2, 0) is 9.59 Å². The maximum absolute atomic E-state index is 13.2. The Morgan fingerprint density at radius 2 is 1.65 bits per heavy atom. The van der Waals surface area contributed by atoms with Crippen molar-refractivity contribution in [2.24, 2.45) is 0 Å². The Morgan fingerprint density at radius 1 is 1.00 bits per heavy atom. The molecule has 0 unspecified atom stereocenters. The van der Waals surface area contributed by atoms with Gasteiger partial charge in [-0.15, -0.1) is 0 Å². The predicted octanol–water partition coefficient (Wildman–Crippen LogP) is 3.32. The smallest absolute Gasteiger partial charge is 0.335 e. The number of benzene rings is 2. The van der Waals surface area contributed by atoms with Crippen molar-refractivity contribution in [3.63, 3.8) is 0 Å². The van der Waals surface area contributed by atoms with Gasteiger partial charge in [0, 0.05) is 17.6 Å². The summed E-state index contributed by atoms with van der Waals surface area (Å²) < 4.78 is 1.75. The van der Waals surface area contributed by atoms with E-state index >= 15 is 0 Å². The summed E-state index contributed by atoms with van der Waals surface area (Å²) in [5.41, 5.74) is 2.97. The number of aromatic carboxylic acids is 1. The minimum atomic E-state index is -1.02. The van der Waals surface area contributed by atoms with E-state index in [4.69, 9.17) is 17.3 Å². The summed E-state index contributed by atoms with van der Waals surface area (Å²) in [6, 6.07) is 17.1. The number of hydrogen-bond acceptors (Lipinski definition) is 4. The number of nitrogens with zero attached hydrogens (tertiary/aromatic N) is 2. The SMILES string of the molecule is Cc1ccc(N2C(=O)/C(=C/c3cccn3-c3ccc(C(=O)O)cc3)C(=O)NC2=S)cc1. The summed E-state index contributed by atoms with van der Waals surface area (Å²) in [5.74, 6) is -2.11. The first-order valence-corrected chi connectivity index (χ1v) is 9.75. The minimum absolute atomic E-state index is 0.0237. The Balaban J connectivity index is 1.71. The van der Waals surface area contributed by atoms with Gasteiger partial charge in [0.25, 0.3) is 11.8 Å². The number of carboxylic acid groups (broad SMARTS) is 1. The number of rotatable bonds is 4. The van der Waals surface area contributed by atoms with Crippen LogP contribution in [0, 0.1) is 6.92 Å². The maximum atomic E-state index is 13.2. The van der Waals surface area contributed by atoms with Crippen LogP contribution in [0.3, 0.4) is 0 Å². The predicted molar refractivity (Wildman–Crippen MR) is 120 cm³/mol. The summed E-state index contributed by atoms with van der Waals surface area (Å²) in [7, 11) is 0. The Labute approximate surface area is 183 Å². The van der Waals surface area contributed by atoms with Crippen molar-refractivity contribution in [3.05, 3.63) is 89.3 Å². The average Bonchev–Trinajstić information content (AvgIpc) is 3.20. The largest absolute Gasteiger partial charge is 0.478 e. The molecule has 1 aliphatic rings. The standard InChI is InChI=1S/C23H17N3O4S/c1-14-4-8-17(9-5-14)26-21(28)19(20(27)24-23(26)31)13-18-3-2-12-25(18)16-10-6-15(7-11-16)22(29)30/h2-13H,1H3,(H,29,30)(H,24,27,31)/b19-13+. The van der Waals surface area contributed by atoms with Crippen LogP contribution in [0.4, 0.5) is 5.69 Å². The number of carbonyl (C=O) groups is 3. The second-order valence-electron chi connectivity index (χ2n) is 6.95. The van der Waals surface area contributed by atoms with Gasteiger partial charge in [-0.3, -0.25) is 19.8 Å². The molecule has 2 amide bonds. The van der Waals surface area contributed by atoms with Crippen molar-refractivity contribution in [2.45, 2.75) is 6.92 Å². The van der Waals surface area contributed by atoms with E-state index in [0.29, 0.717) is 17.1 Å². The van der Waals surface area contributed by atoms with Crippen LogP contribution in [0.5, 0.6) is 0 Å². The van der Waals surface area contributed by atoms with Crippen LogP contribution < -0.4 is 10.2 Å². The van der Waals surface area contributed by atoms with E-state index in [1.54, 1.807) is 47.2 Å². The topological polar surface area (TPSA) is 91.6 Å². The number of amides is 2. The maximum Gasteiger partial charge on any atom is 0.335 e. The van der Waals surface area contributed by atoms with Crippen molar-refractivity contribution in [3.8, 4) is 5.69 Å². The molecule has 0 bridgehead atoms. The third-order valence-corrected chi connectivity index (χ3v) is 5.14. The van der Waals surface area contributed by atoms with Gasteiger partial charge in [0.1, 0.15) is 5.57 Å². The van der Waals surface area contributed by atoms with Gasteiger partial charge in [0.2, 0.25) is 0 Å². The van der Waals surface area contributed by atoms with E-state index in [-0.39, 0.29) is 16.2 Å². The van der Waals surface area contributed by atoms with Crippen molar-refractivity contribution in [1.29, 1.82) is 0 Å². The second kappa shape index (κ2) is 8.00. The molecule has 2 N–H and O–H groups in total. The number of carbonyl (C=O) groups excluding carboxylic acids is 2. The molecule has 0 saturated carbocycles. The number of thiocarbonyl (C=S) groups is 1. The van der Waals surface area contributed by atoms with Crippen molar-refractivity contribution in [1.82, 2.24) is 9.88 Å². The molecule has 0 spiro atoms. The zero-order valence-corrected chi connectivity index (χ0v) is 17.2. The van der Waals surface area contributed by atoms with Crippen LogP contribution in [0.25, 0.3) is 11.8 Å². The molecule has 1 fully saturated rings. The molecule has 0 aliphatic carbocycles. The van der Waals surface area contributed by atoms with Crippen LogP contribution >= 0.6 is 12.2 Å².